The highest BCUT2D eigenvalue weighted by Gasteiger charge is 2.16. The topological polar surface area (TPSA) is 77.1 Å². The van der Waals surface area contributed by atoms with E-state index in [9.17, 15) is 9.59 Å². The summed E-state index contributed by atoms with van der Waals surface area (Å²) in [5, 5.41) is 7.30. The Hall–Kier alpha value is -2.89. The normalized spacial score (nSPS) is 10.9. The molecule has 0 aliphatic rings. The highest BCUT2D eigenvalue weighted by Crippen LogP contribution is 2.08. The molecule has 2 heterocycles. The molecular formula is C17H17N3O3. The highest BCUT2D eigenvalue weighted by atomic mass is 16.3. The van der Waals surface area contributed by atoms with Gasteiger partial charge in [0.15, 0.2) is 5.69 Å². The summed E-state index contributed by atoms with van der Waals surface area (Å²) < 4.78 is 6.98. The Morgan fingerprint density at radius 3 is 2.78 bits per heavy atom. The third kappa shape index (κ3) is 3.01. The summed E-state index contributed by atoms with van der Waals surface area (Å²) in [6.45, 7) is 2.24. The van der Waals surface area contributed by atoms with E-state index >= 15 is 0 Å². The van der Waals surface area contributed by atoms with Crippen LogP contribution >= 0.6 is 0 Å². The van der Waals surface area contributed by atoms with E-state index in [0.717, 1.165) is 11.5 Å². The molecule has 0 aliphatic carbocycles. The van der Waals surface area contributed by atoms with Crippen LogP contribution in [0.4, 0.5) is 0 Å². The van der Waals surface area contributed by atoms with Crippen LogP contribution in [-0.4, -0.2) is 22.2 Å². The Morgan fingerprint density at radius 1 is 1.26 bits per heavy atom. The lowest BCUT2D eigenvalue weighted by Crippen LogP contribution is -2.32. The third-order valence-corrected chi connectivity index (χ3v) is 3.63. The molecule has 0 atom stereocenters. The average molecular weight is 311 g/mol. The lowest BCUT2D eigenvalue weighted by molar-refractivity contribution is 0.0946. The first kappa shape index (κ1) is 15.0. The van der Waals surface area contributed by atoms with Crippen molar-refractivity contribution in [1.29, 1.82) is 0 Å². The van der Waals surface area contributed by atoms with Crippen molar-refractivity contribution in [3.05, 3.63) is 63.8 Å². The first-order valence-corrected chi connectivity index (χ1v) is 7.36. The zero-order chi connectivity index (χ0) is 16.4. The molecule has 0 saturated heterocycles. The minimum absolute atomic E-state index is 0.0955. The molecular weight excluding hydrogens is 294 g/mol. The van der Waals surface area contributed by atoms with Gasteiger partial charge in [0.25, 0.3) is 5.91 Å². The summed E-state index contributed by atoms with van der Waals surface area (Å²) in [4.78, 5) is 24.6. The monoisotopic (exact) mass is 311 g/mol. The van der Waals surface area contributed by atoms with E-state index < -0.39 is 5.91 Å². The molecule has 0 bridgehead atoms. The Balaban J connectivity index is 1.78. The number of aromatic nitrogens is 2. The number of fused-ring (bicyclic) bond motifs is 1. The molecule has 118 valence electrons. The van der Waals surface area contributed by atoms with Crippen LogP contribution in [0, 0.1) is 6.92 Å². The van der Waals surface area contributed by atoms with Crippen LogP contribution in [0.3, 0.4) is 0 Å². The number of rotatable bonds is 4. The van der Waals surface area contributed by atoms with Crippen molar-refractivity contribution in [3.63, 3.8) is 0 Å². The summed E-state index contributed by atoms with van der Waals surface area (Å²) in [6.07, 6.45) is 0.563. The second kappa shape index (κ2) is 6.08. The number of nitrogens with one attached hydrogen (secondary N) is 1. The van der Waals surface area contributed by atoms with Crippen LogP contribution in [0.25, 0.3) is 10.9 Å². The van der Waals surface area contributed by atoms with Crippen molar-refractivity contribution in [3.8, 4) is 0 Å². The van der Waals surface area contributed by atoms with Crippen molar-refractivity contribution in [2.24, 2.45) is 7.05 Å². The molecule has 0 unspecified atom stereocenters. The first-order chi connectivity index (χ1) is 11.1. The number of carbonyl (C=O) groups excluding carboxylic acids is 1. The van der Waals surface area contributed by atoms with Gasteiger partial charge in [-0.3, -0.25) is 14.3 Å². The van der Waals surface area contributed by atoms with Gasteiger partial charge in [-0.25, -0.2) is 0 Å². The molecule has 0 aliphatic heterocycles. The number of hydrogen-bond donors (Lipinski definition) is 1. The van der Waals surface area contributed by atoms with Crippen LogP contribution in [-0.2, 0) is 13.5 Å². The van der Waals surface area contributed by atoms with E-state index in [4.69, 9.17) is 4.42 Å². The van der Waals surface area contributed by atoms with E-state index in [2.05, 4.69) is 10.4 Å². The molecule has 3 rings (SSSR count). The maximum atomic E-state index is 12.4. The fourth-order valence-electron chi connectivity index (χ4n) is 2.48. The van der Waals surface area contributed by atoms with Crippen molar-refractivity contribution >= 4 is 16.8 Å². The maximum Gasteiger partial charge on any atom is 0.275 e. The van der Waals surface area contributed by atoms with Gasteiger partial charge in [-0.2, -0.15) is 5.10 Å². The van der Waals surface area contributed by atoms with Crippen molar-refractivity contribution in [1.82, 2.24) is 15.1 Å². The van der Waals surface area contributed by atoms with E-state index in [1.54, 1.807) is 29.9 Å². The van der Waals surface area contributed by atoms with Gasteiger partial charge in [0.1, 0.15) is 11.5 Å². The number of para-hydroxylation sites is 1. The van der Waals surface area contributed by atoms with Crippen LogP contribution in [0.1, 0.15) is 22.0 Å². The van der Waals surface area contributed by atoms with E-state index in [-0.39, 0.29) is 11.1 Å². The predicted molar refractivity (Wildman–Crippen MR) is 86.5 cm³/mol. The maximum absolute atomic E-state index is 12.4. The molecule has 0 spiro atoms. The second-order valence-corrected chi connectivity index (χ2v) is 5.34. The van der Waals surface area contributed by atoms with Gasteiger partial charge in [0.05, 0.1) is 5.52 Å². The van der Waals surface area contributed by atoms with E-state index in [1.807, 2.05) is 25.1 Å². The Kier molecular flexibility index (Phi) is 3.97. The van der Waals surface area contributed by atoms with Gasteiger partial charge in [-0.1, -0.05) is 12.1 Å². The molecule has 6 heteroatoms. The van der Waals surface area contributed by atoms with Gasteiger partial charge < -0.3 is 9.73 Å². The zero-order valence-corrected chi connectivity index (χ0v) is 13.0. The molecule has 6 nitrogen and oxygen atoms in total. The lowest BCUT2D eigenvalue weighted by Gasteiger charge is -2.08. The molecule has 1 amide bonds. The number of hydrogen-bond acceptors (Lipinski definition) is 4. The number of nitrogens with zero attached hydrogens (tertiary/aromatic N) is 2. The molecule has 3 aromatic rings. The molecule has 0 radical (unpaired) electrons. The van der Waals surface area contributed by atoms with Gasteiger partial charge in [0.2, 0.25) is 5.43 Å². The lowest BCUT2D eigenvalue weighted by atomic mass is 10.2. The smallest absolute Gasteiger partial charge is 0.275 e. The zero-order valence-electron chi connectivity index (χ0n) is 13.0. The first-order valence-electron chi connectivity index (χ1n) is 7.36. The second-order valence-electron chi connectivity index (χ2n) is 5.34. The predicted octanol–water partition coefficient (Wildman–Crippen LogP) is 1.81. The fraction of sp³-hybridized carbons (Fsp3) is 0.235. The largest absolute Gasteiger partial charge is 0.466 e. The van der Waals surface area contributed by atoms with Crippen LogP contribution in [0.5, 0.6) is 0 Å². The summed E-state index contributed by atoms with van der Waals surface area (Å²) in [6, 6.07) is 10.8. The summed E-state index contributed by atoms with van der Waals surface area (Å²) in [7, 11) is 1.71. The van der Waals surface area contributed by atoms with Crippen molar-refractivity contribution in [2.45, 2.75) is 13.3 Å². The minimum atomic E-state index is -0.473. The molecule has 1 N–H and O–H groups in total. The van der Waals surface area contributed by atoms with Crippen LogP contribution in [0.15, 0.2) is 45.6 Å². The highest BCUT2D eigenvalue weighted by molar-refractivity contribution is 5.95. The quantitative estimate of drug-likeness (QED) is 0.797. The Labute approximate surface area is 132 Å². The van der Waals surface area contributed by atoms with Crippen molar-refractivity contribution < 1.29 is 9.21 Å². The van der Waals surface area contributed by atoms with E-state index in [1.165, 1.54) is 0 Å². The summed E-state index contributed by atoms with van der Waals surface area (Å²) >= 11 is 0. The number of amides is 1. The number of benzene rings is 1. The third-order valence-electron chi connectivity index (χ3n) is 3.63. The fourth-order valence-corrected chi connectivity index (χ4v) is 2.48. The molecule has 2 aromatic heterocycles. The molecule has 23 heavy (non-hydrogen) atoms. The minimum Gasteiger partial charge on any atom is -0.466 e. The van der Waals surface area contributed by atoms with Gasteiger partial charge in [-0.05, 0) is 31.2 Å². The Morgan fingerprint density at radius 2 is 2.04 bits per heavy atom. The Bertz CT molecular complexity index is 924. The SMILES string of the molecule is Cc1ccc(CCNC(=O)c2nn(C)c3ccccc3c2=O)o1. The molecule has 1 aromatic carbocycles. The number of furan rings is 1. The average Bonchev–Trinajstić information content (AvgIpc) is 2.96. The summed E-state index contributed by atoms with van der Waals surface area (Å²) in [5.74, 6) is 1.15. The molecule has 0 saturated carbocycles. The van der Waals surface area contributed by atoms with Gasteiger partial charge in [0, 0.05) is 25.4 Å². The van der Waals surface area contributed by atoms with Crippen LogP contribution < -0.4 is 10.7 Å². The van der Waals surface area contributed by atoms with E-state index in [0.29, 0.717) is 23.9 Å². The number of aryl methyl sites for hydroxylation is 2. The summed E-state index contributed by atoms with van der Waals surface area (Å²) in [5.41, 5.74) is 0.243. The number of carbonyl (C=O) groups is 1. The van der Waals surface area contributed by atoms with Gasteiger partial charge >= 0.3 is 0 Å². The standard InChI is InChI=1S/C17H17N3O3/c1-11-7-8-12(23-11)9-10-18-17(22)15-16(21)13-5-3-4-6-14(13)20(2)19-15/h3-8H,9-10H2,1-2H3,(H,18,22). The van der Waals surface area contributed by atoms with Crippen molar-refractivity contribution in [2.75, 3.05) is 6.54 Å². The van der Waals surface area contributed by atoms with Gasteiger partial charge in [-0.15, -0.1) is 0 Å². The molecule has 0 fully saturated rings. The van der Waals surface area contributed by atoms with Crippen LogP contribution in [0.2, 0.25) is 0 Å².